The number of ether oxygens (including phenoxy) is 1. The molecule has 1 heterocycles. The average molecular weight is 253 g/mol. The van der Waals surface area contributed by atoms with Gasteiger partial charge in [0, 0.05) is 25.2 Å². The molecule has 0 bridgehead atoms. The zero-order valence-electron chi connectivity index (χ0n) is 11.3. The van der Waals surface area contributed by atoms with E-state index in [-0.39, 0.29) is 0 Å². The highest BCUT2D eigenvalue weighted by Gasteiger charge is 2.15. The van der Waals surface area contributed by atoms with E-state index >= 15 is 0 Å². The molecule has 0 N–H and O–H groups in total. The van der Waals surface area contributed by atoms with E-state index in [1.807, 2.05) is 0 Å². The monoisotopic (exact) mass is 253 g/mol. The highest BCUT2D eigenvalue weighted by atomic mass is 16.5. The van der Waals surface area contributed by atoms with Crippen LogP contribution in [0.2, 0.25) is 0 Å². The Kier molecular flexibility index (Phi) is 3.51. The summed E-state index contributed by atoms with van der Waals surface area (Å²) in [7, 11) is 0. The van der Waals surface area contributed by atoms with Gasteiger partial charge in [0.05, 0.1) is 0 Å². The van der Waals surface area contributed by atoms with E-state index in [0.717, 1.165) is 32.0 Å². The molecule has 0 amide bonds. The van der Waals surface area contributed by atoms with E-state index in [0.29, 0.717) is 0 Å². The smallest absolute Gasteiger partial charge is 0.123 e. The van der Waals surface area contributed by atoms with E-state index in [1.54, 1.807) is 0 Å². The fourth-order valence-electron chi connectivity index (χ4n) is 2.55. The van der Waals surface area contributed by atoms with Crippen LogP contribution < -0.4 is 4.74 Å². The second-order valence-electron chi connectivity index (χ2n) is 5.16. The van der Waals surface area contributed by atoms with Crippen LogP contribution in [-0.4, -0.2) is 18.1 Å². The fraction of sp³-hybridized carbons (Fsp3) is 0.294. The molecule has 0 unspecified atom stereocenters. The number of benzene rings is 2. The maximum atomic E-state index is 5.83. The van der Waals surface area contributed by atoms with Crippen molar-refractivity contribution >= 4 is 0 Å². The number of nitrogens with zero attached hydrogens (tertiary/aromatic N) is 1. The van der Waals surface area contributed by atoms with E-state index < -0.39 is 0 Å². The van der Waals surface area contributed by atoms with Crippen LogP contribution in [0.5, 0.6) is 5.75 Å². The number of aryl methyl sites for hydroxylation is 1. The molecule has 19 heavy (non-hydrogen) atoms. The SMILES string of the molecule is Cc1ccc2c(c1)CN(Cc1ccccc1)CCO2. The summed E-state index contributed by atoms with van der Waals surface area (Å²) in [6, 6.07) is 17.1. The van der Waals surface area contributed by atoms with Gasteiger partial charge in [-0.05, 0) is 18.6 Å². The van der Waals surface area contributed by atoms with Crippen molar-refractivity contribution in [2.24, 2.45) is 0 Å². The number of hydrogen-bond donors (Lipinski definition) is 0. The van der Waals surface area contributed by atoms with Gasteiger partial charge < -0.3 is 4.74 Å². The molecule has 0 aliphatic carbocycles. The summed E-state index contributed by atoms with van der Waals surface area (Å²) in [6.07, 6.45) is 0. The van der Waals surface area contributed by atoms with Gasteiger partial charge in [-0.1, -0.05) is 48.0 Å². The third kappa shape index (κ3) is 2.96. The van der Waals surface area contributed by atoms with E-state index in [2.05, 4.69) is 60.4 Å². The first kappa shape index (κ1) is 12.2. The molecular formula is C17H19NO. The van der Waals surface area contributed by atoms with Crippen LogP contribution in [0.1, 0.15) is 16.7 Å². The molecule has 0 radical (unpaired) electrons. The second-order valence-corrected chi connectivity index (χ2v) is 5.16. The van der Waals surface area contributed by atoms with E-state index in [1.165, 1.54) is 16.7 Å². The molecule has 1 aliphatic heterocycles. The third-order valence-electron chi connectivity index (χ3n) is 3.52. The van der Waals surface area contributed by atoms with Gasteiger partial charge in [-0.3, -0.25) is 4.90 Å². The number of rotatable bonds is 2. The summed E-state index contributed by atoms with van der Waals surface area (Å²) in [5.74, 6) is 1.04. The van der Waals surface area contributed by atoms with Crippen molar-refractivity contribution in [1.82, 2.24) is 4.90 Å². The molecule has 2 aromatic rings. The maximum absolute atomic E-state index is 5.83. The zero-order valence-corrected chi connectivity index (χ0v) is 11.3. The van der Waals surface area contributed by atoms with Crippen molar-refractivity contribution in [3.8, 4) is 5.75 Å². The molecule has 2 nitrogen and oxygen atoms in total. The number of fused-ring (bicyclic) bond motifs is 1. The van der Waals surface area contributed by atoms with Crippen LogP contribution in [0.3, 0.4) is 0 Å². The van der Waals surface area contributed by atoms with Gasteiger partial charge in [0.1, 0.15) is 12.4 Å². The number of hydrogen-bond acceptors (Lipinski definition) is 2. The summed E-state index contributed by atoms with van der Waals surface area (Å²) in [5, 5.41) is 0. The van der Waals surface area contributed by atoms with Crippen molar-refractivity contribution in [2.45, 2.75) is 20.0 Å². The Labute approximate surface area is 114 Å². The first-order valence-electron chi connectivity index (χ1n) is 6.80. The molecule has 98 valence electrons. The van der Waals surface area contributed by atoms with Crippen molar-refractivity contribution < 1.29 is 4.74 Å². The Morgan fingerprint density at radius 2 is 1.95 bits per heavy atom. The van der Waals surface area contributed by atoms with Crippen LogP contribution in [-0.2, 0) is 13.1 Å². The van der Waals surface area contributed by atoms with E-state index in [9.17, 15) is 0 Å². The van der Waals surface area contributed by atoms with Crippen LogP contribution in [0.15, 0.2) is 48.5 Å². The Hall–Kier alpha value is -1.80. The Morgan fingerprint density at radius 3 is 2.79 bits per heavy atom. The summed E-state index contributed by atoms with van der Waals surface area (Å²) < 4.78 is 5.83. The minimum atomic E-state index is 0.767. The van der Waals surface area contributed by atoms with Gasteiger partial charge in [-0.15, -0.1) is 0 Å². The molecule has 0 saturated carbocycles. The lowest BCUT2D eigenvalue weighted by Gasteiger charge is -2.19. The van der Waals surface area contributed by atoms with Gasteiger partial charge in [0.15, 0.2) is 0 Å². The van der Waals surface area contributed by atoms with E-state index in [4.69, 9.17) is 4.74 Å². The van der Waals surface area contributed by atoms with Crippen LogP contribution in [0.25, 0.3) is 0 Å². The zero-order chi connectivity index (χ0) is 13.1. The molecule has 0 fully saturated rings. The Morgan fingerprint density at radius 1 is 1.11 bits per heavy atom. The molecule has 0 atom stereocenters. The molecule has 2 heteroatoms. The first-order chi connectivity index (χ1) is 9.31. The summed E-state index contributed by atoms with van der Waals surface area (Å²) in [5.41, 5.74) is 3.95. The van der Waals surface area contributed by atoms with Crippen LogP contribution >= 0.6 is 0 Å². The lowest BCUT2D eigenvalue weighted by atomic mass is 10.1. The molecule has 3 rings (SSSR count). The van der Waals surface area contributed by atoms with Crippen LogP contribution in [0, 0.1) is 6.92 Å². The minimum absolute atomic E-state index is 0.767. The van der Waals surface area contributed by atoms with Gasteiger partial charge >= 0.3 is 0 Å². The maximum Gasteiger partial charge on any atom is 0.123 e. The average Bonchev–Trinajstić information content (AvgIpc) is 2.61. The van der Waals surface area contributed by atoms with Crippen LogP contribution in [0.4, 0.5) is 0 Å². The molecule has 1 aliphatic rings. The predicted molar refractivity (Wildman–Crippen MR) is 77.2 cm³/mol. The molecular weight excluding hydrogens is 234 g/mol. The fourth-order valence-corrected chi connectivity index (χ4v) is 2.55. The Bertz CT molecular complexity index is 550. The molecule has 2 aromatic carbocycles. The van der Waals surface area contributed by atoms with Gasteiger partial charge in [0.2, 0.25) is 0 Å². The predicted octanol–water partition coefficient (Wildman–Crippen LogP) is 3.39. The molecule has 0 aromatic heterocycles. The highest BCUT2D eigenvalue weighted by molar-refractivity contribution is 5.37. The third-order valence-corrected chi connectivity index (χ3v) is 3.52. The largest absolute Gasteiger partial charge is 0.492 e. The van der Waals surface area contributed by atoms with Gasteiger partial charge in [0.25, 0.3) is 0 Å². The highest BCUT2D eigenvalue weighted by Crippen LogP contribution is 2.24. The molecule has 0 saturated heterocycles. The lowest BCUT2D eigenvalue weighted by molar-refractivity contribution is 0.219. The summed E-state index contributed by atoms with van der Waals surface area (Å²) >= 11 is 0. The first-order valence-corrected chi connectivity index (χ1v) is 6.80. The van der Waals surface area contributed by atoms with Gasteiger partial charge in [-0.25, -0.2) is 0 Å². The van der Waals surface area contributed by atoms with Crippen molar-refractivity contribution in [3.63, 3.8) is 0 Å². The standard InChI is InChI=1S/C17H19NO/c1-14-7-8-17-16(11-14)13-18(9-10-19-17)12-15-5-3-2-4-6-15/h2-8,11H,9-10,12-13H2,1H3. The minimum Gasteiger partial charge on any atom is -0.492 e. The summed E-state index contributed by atoms with van der Waals surface area (Å²) in [4.78, 5) is 2.45. The van der Waals surface area contributed by atoms with Crippen molar-refractivity contribution in [2.75, 3.05) is 13.2 Å². The Balaban J connectivity index is 1.78. The summed E-state index contributed by atoms with van der Waals surface area (Å²) in [6.45, 7) is 5.82. The lowest BCUT2D eigenvalue weighted by Crippen LogP contribution is -2.25. The normalized spacial score (nSPS) is 15.4. The quantitative estimate of drug-likeness (QED) is 0.813. The topological polar surface area (TPSA) is 12.5 Å². The molecule has 0 spiro atoms. The van der Waals surface area contributed by atoms with Crippen molar-refractivity contribution in [1.29, 1.82) is 0 Å². The van der Waals surface area contributed by atoms with Gasteiger partial charge in [-0.2, -0.15) is 0 Å². The van der Waals surface area contributed by atoms with Crippen molar-refractivity contribution in [3.05, 3.63) is 65.2 Å². The second kappa shape index (κ2) is 5.45.